The van der Waals surface area contributed by atoms with E-state index in [9.17, 15) is 4.79 Å². The predicted molar refractivity (Wildman–Crippen MR) is 82.8 cm³/mol. The third-order valence-corrected chi connectivity index (χ3v) is 4.23. The van der Waals surface area contributed by atoms with Gasteiger partial charge >= 0.3 is 0 Å². The number of ketones is 1. The van der Waals surface area contributed by atoms with Crippen molar-refractivity contribution in [1.29, 1.82) is 0 Å². The van der Waals surface area contributed by atoms with E-state index in [4.69, 9.17) is 0 Å². The molecule has 2 nitrogen and oxygen atoms in total. The Kier molecular flexibility index (Phi) is 5.28. The number of rotatable bonds is 6. The lowest BCUT2D eigenvalue weighted by Crippen LogP contribution is -2.20. The molecule has 1 fully saturated rings. The van der Waals surface area contributed by atoms with Crippen molar-refractivity contribution in [3.63, 3.8) is 0 Å². The summed E-state index contributed by atoms with van der Waals surface area (Å²) in [6, 6.07) is 4.10. The summed E-state index contributed by atoms with van der Waals surface area (Å²) in [5.74, 6) is 0.702. The van der Waals surface area contributed by atoms with Crippen LogP contribution in [-0.4, -0.2) is 18.5 Å². The molecule has 1 aliphatic rings. The van der Waals surface area contributed by atoms with Gasteiger partial charge < -0.3 is 0 Å². The van der Waals surface area contributed by atoms with Crippen LogP contribution < -0.4 is 0 Å². The molecular formula is C16H19NOS. The van der Waals surface area contributed by atoms with Crippen LogP contribution in [0.5, 0.6) is 0 Å². The summed E-state index contributed by atoms with van der Waals surface area (Å²) in [7, 11) is 1.77. The van der Waals surface area contributed by atoms with Crippen molar-refractivity contribution in [2.24, 2.45) is 10.9 Å². The number of hydrogen-bond donors (Lipinski definition) is 0. The molecule has 2 rings (SSSR count). The summed E-state index contributed by atoms with van der Waals surface area (Å²) in [4.78, 5) is 17.1. The second-order valence-electron chi connectivity index (χ2n) is 4.70. The molecule has 0 saturated heterocycles. The second-order valence-corrected chi connectivity index (χ2v) is 5.68. The average molecular weight is 273 g/mol. The Morgan fingerprint density at radius 3 is 2.89 bits per heavy atom. The average Bonchev–Trinajstić information content (AvgIpc) is 2.84. The number of carbonyl (C=O) groups excluding carboxylic acids is 1. The Labute approximate surface area is 118 Å². The zero-order valence-corrected chi connectivity index (χ0v) is 12.0. The van der Waals surface area contributed by atoms with Gasteiger partial charge in [0.15, 0.2) is 0 Å². The van der Waals surface area contributed by atoms with Gasteiger partial charge in [0.25, 0.3) is 0 Å². The van der Waals surface area contributed by atoms with Gasteiger partial charge in [-0.2, -0.15) is 0 Å². The van der Waals surface area contributed by atoms with Crippen LogP contribution in [0.25, 0.3) is 6.08 Å². The molecule has 19 heavy (non-hydrogen) atoms. The minimum atomic E-state index is 0.327. The Morgan fingerprint density at radius 2 is 2.32 bits per heavy atom. The summed E-state index contributed by atoms with van der Waals surface area (Å²) in [6.07, 6.45) is 11.8. The molecule has 100 valence electrons. The van der Waals surface area contributed by atoms with Crippen LogP contribution in [0, 0.1) is 5.92 Å². The molecule has 0 N–H and O–H groups in total. The number of Topliss-reactive ketones (excluding diaryl/α,β-unsaturated/α-hetero) is 1. The van der Waals surface area contributed by atoms with E-state index in [1.807, 2.05) is 30.4 Å². The zero-order chi connectivity index (χ0) is 13.5. The lowest BCUT2D eigenvalue weighted by molar-refractivity contribution is -0.124. The van der Waals surface area contributed by atoms with E-state index in [-0.39, 0.29) is 0 Å². The van der Waals surface area contributed by atoms with Gasteiger partial charge in [0, 0.05) is 24.3 Å². The first-order chi connectivity index (χ1) is 9.29. The summed E-state index contributed by atoms with van der Waals surface area (Å²) in [6.45, 7) is 0. The quantitative estimate of drug-likeness (QED) is 0.716. The maximum atomic E-state index is 11.7. The Hall–Kier alpha value is -1.48. The largest absolute Gasteiger partial charge is 0.299 e. The molecule has 0 unspecified atom stereocenters. The van der Waals surface area contributed by atoms with Crippen LogP contribution in [0.2, 0.25) is 0 Å². The molecular weight excluding hydrogens is 254 g/mol. The van der Waals surface area contributed by atoms with E-state index < -0.39 is 0 Å². The molecule has 0 spiro atoms. The lowest BCUT2D eigenvalue weighted by Gasteiger charge is -2.22. The monoisotopic (exact) mass is 273 g/mol. The normalized spacial score (nSPS) is 17.2. The van der Waals surface area contributed by atoms with Gasteiger partial charge in [-0.1, -0.05) is 18.6 Å². The van der Waals surface area contributed by atoms with Crippen molar-refractivity contribution in [2.45, 2.75) is 25.7 Å². The molecule has 1 saturated carbocycles. The molecule has 0 aromatic carbocycles. The fourth-order valence-electron chi connectivity index (χ4n) is 1.95. The SMILES string of the molecule is CN=C(/C=C\CC(=O)C1CCC1)/C=C/c1cccs1. The van der Waals surface area contributed by atoms with Gasteiger partial charge in [-0.05, 0) is 42.5 Å². The third-order valence-electron chi connectivity index (χ3n) is 3.39. The fourth-order valence-corrected chi connectivity index (χ4v) is 2.57. The molecule has 3 heteroatoms. The van der Waals surface area contributed by atoms with Gasteiger partial charge in [0.2, 0.25) is 0 Å². The van der Waals surface area contributed by atoms with Crippen molar-refractivity contribution >= 4 is 28.9 Å². The Morgan fingerprint density at radius 1 is 1.47 bits per heavy atom. The number of nitrogens with zero attached hydrogens (tertiary/aromatic N) is 1. The molecule has 1 aromatic rings. The first kappa shape index (κ1) is 13.9. The van der Waals surface area contributed by atoms with Crippen molar-refractivity contribution in [1.82, 2.24) is 0 Å². The topological polar surface area (TPSA) is 29.4 Å². The minimum Gasteiger partial charge on any atom is -0.299 e. The maximum Gasteiger partial charge on any atom is 0.139 e. The Balaban J connectivity index is 1.83. The first-order valence-corrected chi connectivity index (χ1v) is 7.55. The number of allylic oxidation sites excluding steroid dienone is 3. The van der Waals surface area contributed by atoms with Crippen LogP contribution in [-0.2, 0) is 4.79 Å². The highest BCUT2D eigenvalue weighted by molar-refractivity contribution is 7.10. The smallest absolute Gasteiger partial charge is 0.139 e. The molecule has 1 aliphatic carbocycles. The summed E-state index contributed by atoms with van der Waals surface area (Å²) in [5, 5.41) is 2.05. The molecule has 0 aliphatic heterocycles. The highest BCUT2D eigenvalue weighted by Gasteiger charge is 2.23. The van der Waals surface area contributed by atoms with Crippen LogP contribution in [0.4, 0.5) is 0 Å². The molecule has 0 amide bonds. The first-order valence-electron chi connectivity index (χ1n) is 6.67. The van der Waals surface area contributed by atoms with E-state index in [2.05, 4.69) is 16.4 Å². The molecule has 0 radical (unpaired) electrons. The summed E-state index contributed by atoms with van der Waals surface area (Å²) in [5.41, 5.74) is 0.898. The molecule has 0 atom stereocenters. The van der Waals surface area contributed by atoms with Crippen LogP contribution in [0.15, 0.2) is 40.7 Å². The van der Waals surface area contributed by atoms with Crippen molar-refractivity contribution in [3.05, 3.63) is 40.6 Å². The second kappa shape index (κ2) is 7.19. The predicted octanol–water partition coefficient (Wildman–Crippen LogP) is 4.15. The number of thiophene rings is 1. The van der Waals surface area contributed by atoms with E-state index in [1.165, 1.54) is 11.3 Å². The minimum absolute atomic E-state index is 0.327. The lowest BCUT2D eigenvalue weighted by atomic mass is 9.81. The zero-order valence-electron chi connectivity index (χ0n) is 11.2. The highest BCUT2D eigenvalue weighted by atomic mass is 32.1. The van der Waals surface area contributed by atoms with E-state index in [0.717, 1.165) is 18.6 Å². The Bertz CT molecular complexity index is 493. The van der Waals surface area contributed by atoms with Crippen molar-refractivity contribution in [3.8, 4) is 0 Å². The summed E-state index contributed by atoms with van der Waals surface area (Å²) < 4.78 is 0. The maximum absolute atomic E-state index is 11.7. The molecule has 1 heterocycles. The van der Waals surface area contributed by atoms with Gasteiger partial charge in [-0.15, -0.1) is 11.3 Å². The van der Waals surface area contributed by atoms with E-state index >= 15 is 0 Å². The van der Waals surface area contributed by atoms with Crippen molar-refractivity contribution in [2.75, 3.05) is 7.05 Å². The summed E-state index contributed by atoms with van der Waals surface area (Å²) >= 11 is 1.70. The van der Waals surface area contributed by atoms with Crippen molar-refractivity contribution < 1.29 is 4.79 Å². The van der Waals surface area contributed by atoms with Gasteiger partial charge in [0.05, 0.1) is 5.71 Å². The number of aliphatic imine (C=N–C) groups is 1. The van der Waals surface area contributed by atoms with Crippen LogP contribution >= 0.6 is 11.3 Å². The van der Waals surface area contributed by atoms with E-state index in [0.29, 0.717) is 18.1 Å². The third kappa shape index (κ3) is 4.28. The standard InChI is InChI=1S/C16H19NOS/c1-17-14(10-11-15-8-4-12-19-15)7-3-9-16(18)13-5-2-6-13/h3-4,7-8,10-13H,2,5-6,9H2,1H3/b7-3-,11-10+,17-14?. The highest BCUT2D eigenvalue weighted by Crippen LogP contribution is 2.28. The molecule has 0 bridgehead atoms. The van der Waals surface area contributed by atoms with E-state index in [1.54, 1.807) is 18.4 Å². The van der Waals surface area contributed by atoms with Crippen LogP contribution in [0.3, 0.4) is 0 Å². The van der Waals surface area contributed by atoms with Gasteiger partial charge in [-0.3, -0.25) is 9.79 Å². The number of carbonyl (C=O) groups is 1. The van der Waals surface area contributed by atoms with Crippen LogP contribution in [0.1, 0.15) is 30.6 Å². The fraction of sp³-hybridized carbons (Fsp3) is 0.375. The van der Waals surface area contributed by atoms with Gasteiger partial charge in [-0.25, -0.2) is 0 Å². The molecule has 1 aromatic heterocycles. The number of hydrogen-bond acceptors (Lipinski definition) is 3. The van der Waals surface area contributed by atoms with Gasteiger partial charge in [0.1, 0.15) is 5.78 Å².